The maximum Gasteiger partial charge on any atom is 0.322 e. The first-order valence-corrected chi connectivity index (χ1v) is 9.02. The smallest absolute Gasteiger partial charge is 0.322 e. The molecule has 0 radical (unpaired) electrons. The van der Waals surface area contributed by atoms with Gasteiger partial charge in [-0.05, 0) is 36.9 Å². The maximum absolute atomic E-state index is 12.6. The van der Waals surface area contributed by atoms with Gasteiger partial charge in [0, 0.05) is 12.2 Å². The number of anilines is 1. The number of amides is 2. The monoisotopic (exact) mass is 356 g/mol. The Hall–Kier alpha value is -2.67. The van der Waals surface area contributed by atoms with Crippen LogP contribution in [-0.2, 0) is 6.54 Å². The molecule has 1 aromatic carbocycles. The van der Waals surface area contributed by atoms with Crippen LogP contribution in [0.25, 0.3) is 10.8 Å². The highest BCUT2D eigenvalue weighted by atomic mass is 32.1. The Kier molecular flexibility index (Phi) is 5.45. The van der Waals surface area contributed by atoms with Gasteiger partial charge in [0.25, 0.3) is 5.89 Å². The van der Waals surface area contributed by atoms with Crippen LogP contribution in [-0.4, -0.2) is 27.7 Å². The van der Waals surface area contributed by atoms with Crippen LogP contribution in [0.1, 0.15) is 24.8 Å². The van der Waals surface area contributed by atoms with E-state index in [1.807, 2.05) is 55.6 Å². The number of nitrogens with one attached hydrogen (secondary N) is 1. The quantitative estimate of drug-likeness (QED) is 0.703. The van der Waals surface area contributed by atoms with Crippen LogP contribution in [0.4, 0.5) is 10.5 Å². The Morgan fingerprint density at radius 3 is 2.72 bits per heavy atom. The summed E-state index contributed by atoms with van der Waals surface area (Å²) in [6.45, 7) is 4.92. The average molecular weight is 356 g/mol. The van der Waals surface area contributed by atoms with E-state index in [-0.39, 0.29) is 12.6 Å². The number of hydrogen-bond donors (Lipinski definition) is 1. The van der Waals surface area contributed by atoms with Gasteiger partial charge in [-0.25, -0.2) is 4.79 Å². The Morgan fingerprint density at radius 2 is 2.04 bits per heavy atom. The first-order valence-electron chi connectivity index (χ1n) is 8.14. The van der Waals surface area contributed by atoms with Gasteiger partial charge in [0.15, 0.2) is 0 Å². The van der Waals surface area contributed by atoms with Gasteiger partial charge in [-0.1, -0.05) is 30.7 Å². The van der Waals surface area contributed by atoms with Gasteiger partial charge < -0.3 is 14.6 Å². The van der Waals surface area contributed by atoms with Crippen LogP contribution in [0.2, 0.25) is 0 Å². The van der Waals surface area contributed by atoms with Crippen molar-refractivity contribution in [1.82, 2.24) is 15.1 Å². The summed E-state index contributed by atoms with van der Waals surface area (Å²) in [6, 6.07) is 11.4. The second-order valence-electron chi connectivity index (χ2n) is 5.70. The lowest BCUT2D eigenvalue weighted by Gasteiger charge is -2.20. The Balaban J connectivity index is 1.68. The SMILES string of the molecule is CCCN(Cc1nnc(-c2cccs2)o1)C(=O)Nc1ccc(C)cc1. The average Bonchev–Trinajstić information content (AvgIpc) is 3.27. The van der Waals surface area contributed by atoms with Crippen LogP contribution in [0, 0.1) is 6.92 Å². The van der Waals surface area contributed by atoms with Gasteiger partial charge in [0.05, 0.1) is 4.88 Å². The minimum Gasteiger partial charge on any atom is -0.418 e. The number of aryl methyl sites for hydroxylation is 1. The summed E-state index contributed by atoms with van der Waals surface area (Å²) in [4.78, 5) is 15.1. The summed E-state index contributed by atoms with van der Waals surface area (Å²) in [5, 5.41) is 13.0. The zero-order valence-electron chi connectivity index (χ0n) is 14.2. The molecule has 0 bridgehead atoms. The first kappa shape index (κ1) is 17.2. The Labute approximate surface area is 150 Å². The number of hydrogen-bond acceptors (Lipinski definition) is 5. The largest absolute Gasteiger partial charge is 0.418 e. The summed E-state index contributed by atoms with van der Waals surface area (Å²) >= 11 is 1.54. The fourth-order valence-electron chi connectivity index (χ4n) is 2.34. The Morgan fingerprint density at radius 1 is 1.24 bits per heavy atom. The van der Waals surface area contributed by atoms with E-state index in [1.54, 1.807) is 4.90 Å². The summed E-state index contributed by atoms with van der Waals surface area (Å²) in [7, 11) is 0. The summed E-state index contributed by atoms with van der Waals surface area (Å²) in [5.41, 5.74) is 1.91. The van der Waals surface area contributed by atoms with E-state index < -0.39 is 0 Å². The van der Waals surface area contributed by atoms with E-state index in [0.717, 1.165) is 22.5 Å². The third-order valence-electron chi connectivity index (χ3n) is 3.61. The fraction of sp³-hybridized carbons (Fsp3) is 0.278. The van der Waals surface area contributed by atoms with E-state index in [1.165, 1.54) is 11.3 Å². The molecule has 2 amide bonds. The van der Waals surface area contributed by atoms with Crippen LogP contribution in [0.3, 0.4) is 0 Å². The van der Waals surface area contributed by atoms with Crippen molar-refractivity contribution in [3.63, 3.8) is 0 Å². The normalized spacial score (nSPS) is 10.6. The number of thiophene rings is 1. The number of carbonyl (C=O) groups excluding carboxylic acids is 1. The lowest BCUT2D eigenvalue weighted by Crippen LogP contribution is -2.35. The predicted molar refractivity (Wildman–Crippen MR) is 98.5 cm³/mol. The van der Waals surface area contributed by atoms with Gasteiger partial charge in [-0.15, -0.1) is 21.5 Å². The second-order valence-corrected chi connectivity index (χ2v) is 6.64. The molecule has 25 heavy (non-hydrogen) atoms. The highest BCUT2D eigenvalue weighted by Crippen LogP contribution is 2.23. The summed E-state index contributed by atoms with van der Waals surface area (Å²) in [6.07, 6.45) is 0.841. The highest BCUT2D eigenvalue weighted by molar-refractivity contribution is 7.13. The van der Waals surface area contributed by atoms with E-state index in [2.05, 4.69) is 15.5 Å². The molecule has 3 rings (SSSR count). The molecular formula is C18H20N4O2S. The molecule has 0 spiro atoms. The molecule has 7 heteroatoms. The third-order valence-corrected chi connectivity index (χ3v) is 4.47. The van der Waals surface area contributed by atoms with Crippen LogP contribution in [0.15, 0.2) is 46.2 Å². The molecule has 0 aliphatic heterocycles. The number of nitrogens with zero attached hydrogens (tertiary/aromatic N) is 3. The fourth-order valence-corrected chi connectivity index (χ4v) is 2.99. The van der Waals surface area contributed by atoms with Crippen molar-refractivity contribution in [2.24, 2.45) is 0 Å². The standard InChI is InChI=1S/C18H20N4O2S/c1-3-10-22(18(23)19-14-8-6-13(2)7-9-14)12-16-20-21-17(24-16)15-5-4-11-25-15/h4-9,11H,3,10,12H2,1-2H3,(H,19,23). The topological polar surface area (TPSA) is 71.3 Å². The molecule has 0 saturated heterocycles. The molecule has 2 aromatic heterocycles. The van der Waals surface area contributed by atoms with Crippen molar-refractivity contribution < 1.29 is 9.21 Å². The highest BCUT2D eigenvalue weighted by Gasteiger charge is 2.17. The molecule has 6 nitrogen and oxygen atoms in total. The third kappa shape index (κ3) is 4.45. The number of urea groups is 1. The van der Waals surface area contributed by atoms with Crippen molar-refractivity contribution in [3.05, 3.63) is 53.2 Å². The second kappa shape index (κ2) is 7.94. The van der Waals surface area contributed by atoms with Crippen LogP contribution in [0.5, 0.6) is 0 Å². The molecule has 1 N–H and O–H groups in total. The van der Waals surface area contributed by atoms with Crippen molar-refractivity contribution in [1.29, 1.82) is 0 Å². The maximum atomic E-state index is 12.6. The molecule has 2 heterocycles. The minimum atomic E-state index is -0.179. The predicted octanol–water partition coefficient (Wildman–Crippen LogP) is 4.55. The molecule has 0 aliphatic rings. The summed E-state index contributed by atoms with van der Waals surface area (Å²) in [5.74, 6) is 0.913. The first-order chi connectivity index (χ1) is 12.2. The number of carbonyl (C=O) groups is 1. The molecule has 0 saturated carbocycles. The molecule has 0 atom stereocenters. The van der Waals surface area contributed by atoms with E-state index in [9.17, 15) is 4.79 Å². The molecule has 130 valence electrons. The minimum absolute atomic E-state index is 0.179. The van der Waals surface area contributed by atoms with E-state index in [0.29, 0.717) is 18.3 Å². The molecule has 0 fully saturated rings. The molecular weight excluding hydrogens is 336 g/mol. The zero-order valence-corrected chi connectivity index (χ0v) is 15.0. The van der Waals surface area contributed by atoms with Crippen molar-refractivity contribution in [2.45, 2.75) is 26.8 Å². The lowest BCUT2D eigenvalue weighted by atomic mass is 10.2. The van der Waals surface area contributed by atoms with Crippen molar-refractivity contribution >= 4 is 23.1 Å². The van der Waals surface area contributed by atoms with Gasteiger partial charge in [-0.3, -0.25) is 0 Å². The van der Waals surface area contributed by atoms with E-state index >= 15 is 0 Å². The van der Waals surface area contributed by atoms with Gasteiger partial charge in [0.2, 0.25) is 5.89 Å². The van der Waals surface area contributed by atoms with Crippen LogP contribution < -0.4 is 5.32 Å². The Bertz CT molecular complexity index is 812. The van der Waals surface area contributed by atoms with Crippen LogP contribution >= 0.6 is 11.3 Å². The van der Waals surface area contributed by atoms with Gasteiger partial charge in [-0.2, -0.15) is 0 Å². The number of rotatable bonds is 6. The van der Waals surface area contributed by atoms with E-state index in [4.69, 9.17) is 4.42 Å². The van der Waals surface area contributed by atoms with Crippen molar-refractivity contribution in [3.8, 4) is 10.8 Å². The lowest BCUT2D eigenvalue weighted by molar-refractivity contribution is 0.203. The molecule has 0 aliphatic carbocycles. The van der Waals surface area contributed by atoms with Crippen molar-refractivity contribution in [2.75, 3.05) is 11.9 Å². The van der Waals surface area contributed by atoms with Gasteiger partial charge >= 0.3 is 6.03 Å². The number of aromatic nitrogens is 2. The number of benzene rings is 1. The van der Waals surface area contributed by atoms with Gasteiger partial charge in [0.1, 0.15) is 6.54 Å². The zero-order chi connectivity index (χ0) is 17.6. The molecule has 3 aromatic rings. The molecule has 0 unspecified atom stereocenters. The summed E-state index contributed by atoms with van der Waals surface area (Å²) < 4.78 is 5.69.